The van der Waals surface area contributed by atoms with Gasteiger partial charge < -0.3 is 19.0 Å². The summed E-state index contributed by atoms with van der Waals surface area (Å²) in [5, 5.41) is 9.10. The first-order chi connectivity index (χ1) is 9.81. The Morgan fingerprint density at radius 3 is 2.48 bits per heavy atom. The highest BCUT2D eigenvalue weighted by Gasteiger charge is 2.30. The quantitative estimate of drug-likeness (QED) is 0.638. The van der Waals surface area contributed by atoms with E-state index in [9.17, 15) is 13.2 Å². The minimum absolute atomic E-state index is 0.0226. The molecule has 0 saturated carbocycles. The Labute approximate surface area is 123 Å². The summed E-state index contributed by atoms with van der Waals surface area (Å²) < 4.78 is 41.6. The predicted octanol–water partition coefficient (Wildman–Crippen LogP) is 0.536. The number of carboxylic acid groups (broad SMARTS) is 1. The maximum atomic E-state index is 12.2. The number of sulfonamides is 1. The number of rotatable bonds is 9. The molecule has 1 aromatic heterocycles. The Morgan fingerprint density at radius 2 is 1.90 bits per heavy atom. The molecule has 0 aliphatic heterocycles. The zero-order chi connectivity index (χ0) is 16.0. The molecule has 9 heteroatoms. The van der Waals surface area contributed by atoms with Crippen LogP contribution in [0.3, 0.4) is 0 Å². The van der Waals surface area contributed by atoms with E-state index in [1.165, 1.54) is 21.0 Å². The number of nitrogens with one attached hydrogen (secondary N) is 1. The average Bonchev–Trinajstić information content (AvgIpc) is 2.69. The summed E-state index contributed by atoms with van der Waals surface area (Å²) in [4.78, 5) is 10.8. The number of aryl methyl sites for hydroxylation is 2. The highest BCUT2D eigenvalue weighted by molar-refractivity contribution is 7.89. The molecular formula is C12H19NO7S. The zero-order valence-electron chi connectivity index (χ0n) is 12.1. The van der Waals surface area contributed by atoms with Crippen molar-refractivity contribution in [2.45, 2.75) is 18.7 Å². The monoisotopic (exact) mass is 321 g/mol. The molecule has 120 valence electrons. The van der Waals surface area contributed by atoms with E-state index in [0.29, 0.717) is 13.2 Å². The maximum absolute atomic E-state index is 12.2. The fraction of sp³-hybridized carbons (Fsp3) is 0.583. The van der Waals surface area contributed by atoms with Gasteiger partial charge >= 0.3 is 5.97 Å². The van der Waals surface area contributed by atoms with Gasteiger partial charge in [0.15, 0.2) is 0 Å². The van der Waals surface area contributed by atoms with Crippen LogP contribution in [0.1, 0.15) is 21.9 Å². The van der Waals surface area contributed by atoms with Gasteiger partial charge in [-0.15, -0.1) is 0 Å². The van der Waals surface area contributed by atoms with E-state index >= 15 is 0 Å². The predicted molar refractivity (Wildman–Crippen MR) is 73.0 cm³/mol. The molecule has 0 saturated heterocycles. The summed E-state index contributed by atoms with van der Waals surface area (Å²) >= 11 is 0. The number of hydrogen-bond acceptors (Lipinski definition) is 6. The first-order valence-corrected chi connectivity index (χ1v) is 7.69. The smallest absolute Gasteiger partial charge is 0.340 e. The minimum Gasteiger partial charge on any atom is -0.478 e. The third kappa shape index (κ3) is 4.53. The summed E-state index contributed by atoms with van der Waals surface area (Å²) in [6.45, 7) is 3.75. The van der Waals surface area contributed by atoms with Crippen LogP contribution in [0.2, 0.25) is 0 Å². The van der Waals surface area contributed by atoms with Crippen LogP contribution in [-0.2, 0) is 19.5 Å². The fourth-order valence-electron chi connectivity index (χ4n) is 1.80. The van der Waals surface area contributed by atoms with Crippen LogP contribution in [0.25, 0.3) is 0 Å². The van der Waals surface area contributed by atoms with Gasteiger partial charge in [0.05, 0.1) is 19.8 Å². The maximum Gasteiger partial charge on any atom is 0.340 e. The third-order valence-electron chi connectivity index (χ3n) is 2.66. The van der Waals surface area contributed by atoms with Gasteiger partial charge in [-0.3, -0.25) is 0 Å². The Hall–Kier alpha value is -1.42. The van der Waals surface area contributed by atoms with Crippen molar-refractivity contribution in [3.63, 3.8) is 0 Å². The lowest BCUT2D eigenvalue weighted by atomic mass is 10.2. The number of aromatic carboxylic acids is 1. The fourth-order valence-corrected chi connectivity index (χ4v) is 3.22. The van der Waals surface area contributed by atoms with Crippen molar-refractivity contribution in [1.82, 2.24) is 4.72 Å². The Morgan fingerprint density at radius 1 is 1.24 bits per heavy atom. The van der Waals surface area contributed by atoms with Gasteiger partial charge in [0.1, 0.15) is 22.0 Å². The van der Waals surface area contributed by atoms with Crippen molar-refractivity contribution < 1.29 is 32.2 Å². The van der Waals surface area contributed by atoms with Gasteiger partial charge in [-0.1, -0.05) is 0 Å². The normalized spacial score (nSPS) is 11.8. The van der Waals surface area contributed by atoms with Crippen LogP contribution < -0.4 is 4.72 Å². The molecule has 1 aromatic rings. The molecule has 0 fully saturated rings. The van der Waals surface area contributed by atoms with E-state index < -0.39 is 16.0 Å². The Kier molecular flexibility index (Phi) is 6.34. The van der Waals surface area contributed by atoms with E-state index in [1.54, 1.807) is 0 Å². The molecule has 0 bridgehead atoms. The minimum atomic E-state index is -3.97. The highest BCUT2D eigenvalue weighted by atomic mass is 32.2. The number of ether oxygens (including phenoxy) is 2. The van der Waals surface area contributed by atoms with Crippen LogP contribution in [0.5, 0.6) is 0 Å². The van der Waals surface area contributed by atoms with Crippen LogP contribution in [0, 0.1) is 13.8 Å². The van der Waals surface area contributed by atoms with Gasteiger partial charge in [-0.2, -0.15) is 0 Å². The van der Waals surface area contributed by atoms with Gasteiger partial charge in [0.25, 0.3) is 0 Å². The third-order valence-corrected chi connectivity index (χ3v) is 4.27. The number of hydrogen-bond donors (Lipinski definition) is 2. The second-order valence-electron chi connectivity index (χ2n) is 4.23. The molecule has 0 aliphatic rings. The topological polar surface area (TPSA) is 115 Å². The molecule has 0 radical (unpaired) electrons. The van der Waals surface area contributed by atoms with Crippen LogP contribution in [0.15, 0.2) is 9.31 Å². The Balaban J connectivity index is 2.77. The van der Waals surface area contributed by atoms with Crippen molar-refractivity contribution in [2.24, 2.45) is 0 Å². The molecule has 2 N–H and O–H groups in total. The number of methoxy groups -OCH3 is 1. The van der Waals surface area contributed by atoms with E-state index in [1.807, 2.05) is 0 Å². The van der Waals surface area contributed by atoms with Gasteiger partial charge in [0.2, 0.25) is 10.0 Å². The van der Waals surface area contributed by atoms with E-state index in [0.717, 1.165) is 0 Å². The molecule has 0 spiro atoms. The highest BCUT2D eigenvalue weighted by Crippen LogP contribution is 2.26. The molecule has 1 rings (SSSR count). The average molecular weight is 321 g/mol. The molecule has 8 nitrogen and oxygen atoms in total. The van der Waals surface area contributed by atoms with Crippen molar-refractivity contribution in [1.29, 1.82) is 0 Å². The lowest BCUT2D eigenvalue weighted by Crippen LogP contribution is -2.29. The molecule has 1 heterocycles. The summed E-state index contributed by atoms with van der Waals surface area (Å²) in [6.07, 6.45) is 0. The number of carboxylic acids is 1. The lowest BCUT2D eigenvalue weighted by Gasteiger charge is -2.07. The van der Waals surface area contributed by atoms with E-state index in [2.05, 4.69) is 4.72 Å². The summed E-state index contributed by atoms with van der Waals surface area (Å²) in [7, 11) is -2.44. The molecule has 0 amide bonds. The Bertz CT molecular complexity index is 591. The van der Waals surface area contributed by atoms with Crippen LogP contribution in [-0.4, -0.2) is 53.0 Å². The van der Waals surface area contributed by atoms with E-state index in [4.69, 9.17) is 19.0 Å². The molecule has 0 unspecified atom stereocenters. The number of carbonyl (C=O) groups is 1. The van der Waals surface area contributed by atoms with Crippen molar-refractivity contribution in [3.05, 3.63) is 17.1 Å². The van der Waals surface area contributed by atoms with Gasteiger partial charge in [0, 0.05) is 13.7 Å². The largest absolute Gasteiger partial charge is 0.478 e. The summed E-state index contributed by atoms with van der Waals surface area (Å²) in [5.41, 5.74) is -0.347. The summed E-state index contributed by atoms with van der Waals surface area (Å²) in [5.74, 6) is -1.25. The SMILES string of the molecule is COCCOCCNS(=O)(=O)c1c(C)oc(C)c1C(=O)O. The van der Waals surface area contributed by atoms with Gasteiger partial charge in [-0.25, -0.2) is 17.9 Å². The van der Waals surface area contributed by atoms with Gasteiger partial charge in [-0.05, 0) is 13.8 Å². The van der Waals surface area contributed by atoms with Crippen molar-refractivity contribution in [3.8, 4) is 0 Å². The molecule has 21 heavy (non-hydrogen) atoms. The lowest BCUT2D eigenvalue weighted by molar-refractivity contribution is 0.0691. The molecule has 0 aliphatic carbocycles. The second kappa shape index (κ2) is 7.55. The first kappa shape index (κ1) is 17.6. The summed E-state index contributed by atoms with van der Waals surface area (Å²) in [6, 6.07) is 0. The van der Waals surface area contributed by atoms with E-state index in [-0.39, 0.29) is 35.1 Å². The first-order valence-electron chi connectivity index (χ1n) is 6.21. The van der Waals surface area contributed by atoms with Crippen molar-refractivity contribution >= 4 is 16.0 Å². The van der Waals surface area contributed by atoms with Crippen LogP contribution >= 0.6 is 0 Å². The standard InChI is InChI=1S/C12H19NO7S/c1-8-10(12(14)15)11(9(2)20-8)21(16,17)13-4-5-19-7-6-18-3/h13H,4-7H2,1-3H3,(H,14,15). The molecule has 0 aromatic carbocycles. The van der Waals surface area contributed by atoms with Crippen molar-refractivity contribution in [2.75, 3.05) is 33.5 Å². The molecule has 0 atom stereocenters. The van der Waals surface area contributed by atoms with Crippen LogP contribution in [0.4, 0.5) is 0 Å². The molecular weight excluding hydrogens is 302 g/mol. The number of furan rings is 1. The second-order valence-corrected chi connectivity index (χ2v) is 5.93. The zero-order valence-corrected chi connectivity index (χ0v) is 12.9.